The van der Waals surface area contributed by atoms with E-state index in [0.717, 1.165) is 12.1 Å². The van der Waals surface area contributed by atoms with Gasteiger partial charge in [-0.05, 0) is 17.5 Å². The Hall–Kier alpha value is -1.98. The molecule has 0 aromatic heterocycles. The molecule has 6 heteroatoms. The van der Waals surface area contributed by atoms with Gasteiger partial charge in [-0.25, -0.2) is 8.78 Å². The first kappa shape index (κ1) is 17.1. The van der Waals surface area contributed by atoms with Crippen LogP contribution in [0.4, 0.5) is 8.78 Å². The zero-order chi connectivity index (χ0) is 16.2. The van der Waals surface area contributed by atoms with Gasteiger partial charge in [-0.3, -0.25) is 9.59 Å². The molecule has 116 valence electrons. The van der Waals surface area contributed by atoms with Gasteiger partial charge in [-0.1, -0.05) is 19.9 Å². The molecule has 0 aliphatic rings. The van der Waals surface area contributed by atoms with Crippen LogP contribution in [0.1, 0.15) is 31.7 Å². The van der Waals surface area contributed by atoms with Crippen LogP contribution in [-0.4, -0.2) is 35.5 Å². The molecule has 0 spiro atoms. The van der Waals surface area contributed by atoms with Crippen LogP contribution in [-0.2, 0) is 9.59 Å². The fourth-order valence-electron chi connectivity index (χ4n) is 2.02. The Balaban J connectivity index is 2.67. The van der Waals surface area contributed by atoms with E-state index in [2.05, 4.69) is 0 Å². The summed E-state index contributed by atoms with van der Waals surface area (Å²) in [5.74, 6) is -3.69. The molecule has 2 unspecified atom stereocenters. The topological polar surface area (TPSA) is 57.6 Å². The summed E-state index contributed by atoms with van der Waals surface area (Å²) in [6, 6.07) is 3.25. The van der Waals surface area contributed by atoms with E-state index in [-0.39, 0.29) is 24.4 Å². The minimum absolute atomic E-state index is 0.0331. The van der Waals surface area contributed by atoms with E-state index in [4.69, 9.17) is 5.11 Å². The van der Waals surface area contributed by atoms with Gasteiger partial charge < -0.3 is 10.0 Å². The summed E-state index contributed by atoms with van der Waals surface area (Å²) >= 11 is 0. The first-order valence-electron chi connectivity index (χ1n) is 6.64. The van der Waals surface area contributed by atoms with Crippen molar-refractivity contribution in [1.82, 2.24) is 4.90 Å². The zero-order valence-electron chi connectivity index (χ0n) is 12.3. The molecule has 0 bridgehead atoms. The van der Waals surface area contributed by atoms with Gasteiger partial charge in [0.1, 0.15) is 11.6 Å². The summed E-state index contributed by atoms with van der Waals surface area (Å²) in [4.78, 5) is 24.1. The molecule has 1 aromatic rings. The minimum Gasteiger partial charge on any atom is -0.481 e. The van der Waals surface area contributed by atoms with Gasteiger partial charge in [-0.15, -0.1) is 0 Å². The van der Waals surface area contributed by atoms with Gasteiger partial charge in [0.2, 0.25) is 5.91 Å². The number of halogens is 2. The highest BCUT2D eigenvalue weighted by molar-refractivity contribution is 5.78. The van der Waals surface area contributed by atoms with E-state index in [9.17, 15) is 18.4 Å². The lowest BCUT2D eigenvalue weighted by Crippen LogP contribution is -2.34. The van der Waals surface area contributed by atoms with Crippen LogP contribution in [0.5, 0.6) is 0 Å². The lowest BCUT2D eigenvalue weighted by molar-refractivity contribution is -0.142. The van der Waals surface area contributed by atoms with Gasteiger partial charge in [0, 0.05) is 26.1 Å². The normalized spacial score (nSPS) is 13.6. The fraction of sp³-hybridized carbons (Fsp3) is 0.467. The van der Waals surface area contributed by atoms with E-state index in [1.165, 1.54) is 24.9 Å². The lowest BCUT2D eigenvalue weighted by atomic mass is 9.96. The van der Waals surface area contributed by atoms with E-state index < -0.39 is 29.4 Å². The molecule has 2 atom stereocenters. The number of benzene rings is 1. The fourth-order valence-corrected chi connectivity index (χ4v) is 2.02. The second-order valence-corrected chi connectivity index (χ2v) is 5.28. The maximum atomic E-state index is 13.6. The maximum Gasteiger partial charge on any atom is 0.308 e. The van der Waals surface area contributed by atoms with Crippen molar-refractivity contribution in [3.63, 3.8) is 0 Å². The average molecular weight is 299 g/mol. The van der Waals surface area contributed by atoms with Crippen LogP contribution in [0.3, 0.4) is 0 Å². The third-order valence-corrected chi connectivity index (χ3v) is 3.37. The van der Waals surface area contributed by atoms with Crippen LogP contribution in [0.15, 0.2) is 18.2 Å². The second kappa shape index (κ2) is 7.15. The van der Waals surface area contributed by atoms with Crippen LogP contribution in [0, 0.1) is 17.6 Å². The molecular weight excluding hydrogens is 280 g/mol. The summed E-state index contributed by atoms with van der Waals surface area (Å²) in [6.07, 6.45) is 0.0331. The molecule has 0 radical (unpaired) electrons. The number of carbonyl (C=O) groups is 2. The van der Waals surface area contributed by atoms with Crippen molar-refractivity contribution in [2.24, 2.45) is 5.92 Å². The van der Waals surface area contributed by atoms with Gasteiger partial charge in [-0.2, -0.15) is 0 Å². The number of hydrogen-bond donors (Lipinski definition) is 1. The predicted molar refractivity (Wildman–Crippen MR) is 73.8 cm³/mol. The van der Waals surface area contributed by atoms with Crippen molar-refractivity contribution in [1.29, 1.82) is 0 Å². The number of aliphatic carboxylic acids is 1. The molecule has 4 nitrogen and oxygen atoms in total. The third-order valence-electron chi connectivity index (χ3n) is 3.37. The number of carboxylic acids is 1. The molecule has 0 saturated carbocycles. The van der Waals surface area contributed by atoms with Crippen LogP contribution >= 0.6 is 0 Å². The Bertz CT molecular complexity index is 534. The summed E-state index contributed by atoms with van der Waals surface area (Å²) in [6.45, 7) is 3.27. The Morgan fingerprint density at radius 2 is 1.90 bits per heavy atom. The Morgan fingerprint density at radius 3 is 2.43 bits per heavy atom. The molecule has 1 aromatic carbocycles. The lowest BCUT2D eigenvalue weighted by Gasteiger charge is -2.21. The number of rotatable bonds is 6. The Kier molecular flexibility index (Phi) is 5.81. The number of amides is 1. The van der Waals surface area contributed by atoms with E-state index in [1.807, 2.05) is 0 Å². The first-order valence-corrected chi connectivity index (χ1v) is 6.64. The van der Waals surface area contributed by atoms with Gasteiger partial charge in [0.05, 0.1) is 5.92 Å². The number of carbonyl (C=O) groups excluding carboxylic acids is 1. The monoisotopic (exact) mass is 299 g/mol. The SMILES string of the molecule is CC(CN(C)C(=O)CC(C)c1ccc(F)cc1F)C(=O)O. The van der Waals surface area contributed by atoms with E-state index in [0.29, 0.717) is 0 Å². The van der Waals surface area contributed by atoms with Crippen molar-refractivity contribution in [2.75, 3.05) is 13.6 Å². The van der Waals surface area contributed by atoms with Crippen molar-refractivity contribution in [3.8, 4) is 0 Å². The maximum absolute atomic E-state index is 13.6. The number of nitrogens with zero attached hydrogens (tertiary/aromatic N) is 1. The minimum atomic E-state index is -0.979. The number of carboxylic acid groups (broad SMARTS) is 1. The molecule has 0 fully saturated rings. The summed E-state index contributed by atoms with van der Waals surface area (Å²) < 4.78 is 26.5. The summed E-state index contributed by atoms with van der Waals surface area (Å²) in [5.41, 5.74) is 0.268. The van der Waals surface area contributed by atoms with Crippen molar-refractivity contribution < 1.29 is 23.5 Å². The zero-order valence-corrected chi connectivity index (χ0v) is 12.3. The Morgan fingerprint density at radius 1 is 1.29 bits per heavy atom. The van der Waals surface area contributed by atoms with Gasteiger partial charge >= 0.3 is 5.97 Å². The molecule has 1 amide bonds. The molecule has 1 N–H and O–H groups in total. The molecule has 1 rings (SSSR count). The predicted octanol–water partition coefficient (Wildman–Crippen LogP) is 2.64. The first-order chi connectivity index (χ1) is 9.72. The molecule has 21 heavy (non-hydrogen) atoms. The standard InChI is InChI=1S/C15H19F2NO3/c1-9(12-5-4-11(16)7-13(12)17)6-14(19)18(3)8-10(2)15(20)21/h4-5,7,9-10H,6,8H2,1-3H3,(H,20,21). The van der Waals surface area contributed by atoms with E-state index >= 15 is 0 Å². The average Bonchev–Trinajstić information content (AvgIpc) is 2.37. The summed E-state index contributed by atoms with van der Waals surface area (Å²) in [5, 5.41) is 8.81. The van der Waals surface area contributed by atoms with Crippen molar-refractivity contribution in [2.45, 2.75) is 26.2 Å². The number of hydrogen-bond acceptors (Lipinski definition) is 2. The molecule has 0 aliphatic carbocycles. The molecule has 0 heterocycles. The highest BCUT2D eigenvalue weighted by Crippen LogP contribution is 2.23. The van der Waals surface area contributed by atoms with Crippen LogP contribution in [0.25, 0.3) is 0 Å². The van der Waals surface area contributed by atoms with Crippen LogP contribution < -0.4 is 0 Å². The molecule has 0 saturated heterocycles. The van der Waals surface area contributed by atoms with Crippen molar-refractivity contribution >= 4 is 11.9 Å². The Labute approximate surface area is 122 Å². The van der Waals surface area contributed by atoms with Crippen LogP contribution in [0.2, 0.25) is 0 Å². The third kappa shape index (κ3) is 4.81. The highest BCUT2D eigenvalue weighted by atomic mass is 19.1. The van der Waals surface area contributed by atoms with Crippen molar-refractivity contribution in [3.05, 3.63) is 35.4 Å². The smallest absolute Gasteiger partial charge is 0.308 e. The van der Waals surface area contributed by atoms with E-state index in [1.54, 1.807) is 6.92 Å². The van der Waals surface area contributed by atoms with Gasteiger partial charge in [0.15, 0.2) is 0 Å². The second-order valence-electron chi connectivity index (χ2n) is 5.28. The summed E-state index contributed by atoms with van der Waals surface area (Å²) in [7, 11) is 1.51. The molecular formula is C15H19F2NO3. The molecule has 0 aliphatic heterocycles. The van der Waals surface area contributed by atoms with Gasteiger partial charge in [0.25, 0.3) is 0 Å². The largest absolute Gasteiger partial charge is 0.481 e. The highest BCUT2D eigenvalue weighted by Gasteiger charge is 2.21. The quantitative estimate of drug-likeness (QED) is 0.878.